The summed E-state index contributed by atoms with van der Waals surface area (Å²) in [6, 6.07) is -1.13. The molecular formula is C6H13NO4. The monoisotopic (exact) mass is 163 g/mol. The zero-order valence-electron chi connectivity index (χ0n) is 6.21. The van der Waals surface area contributed by atoms with Crippen molar-refractivity contribution < 1.29 is 20.1 Å². The molecule has 0 aromatic rings. The maximum Gasteiger partial charge on any atom is 0.150 e. The van der Waals surface area contributed by atoms with Gasteiger partial charge in [-0.05, 0) is 6.92 Å². The predicted octanol–water partition coefficient (Wildman–Crippen LogP) is -2.38. The molecule has 0 amide bonds. The zero-order chi connectivity index (χ0) is 9.02. The molecule has 0 saturated heterocycles. The fourth-order valence-electron chi connectivity index (χ4n) is 0.614. The first-order valence-electron chi connectivity index (χ1n) is 3.25. The summed E-state index contributed by atoms with van der Waals surface area (Å²) in [5.74, 6) is 0. The number of aliphatic hydroxyl groups is 3. The molecule has 66 valence electrons. The van der Waals surface area contributed by atoms with E-state index in [4.69, 9.17) is 21.1 Å². The lowest BCUT2D eigenvalue weighted by Gasteiger charge is -2.22. The molecule has 0 aromatic heterocycles. The van der Waals surface area contributed by atoms with Gasteiger partial charge in [0.25, 0.3) is 0 Å². The van der Waals surface area contributed by atoms with Crippen molar-refractivity contribution in [2.24, 2.45) is 5.73 Å². The van der Waals surface area contributed by atoms with Crippen LogP contribution in [-0.4, -0.2) is 46.0 Å². The molecule has 5 N–H and O–H groups in total. The largest absolute Gasteiger partial charge is 0.391 e. The molecule has 0 aliphatic heterocycles. The molecule has 11 heavy (non-hydrogen) atoms. The summed E-state index contributed by atoms with van der Waals surface area (Å²) in [6.07, 6.45) is -3.55. The number of carbonyl (C=O) groups excluding carboxylic acids is 1. The van der Waals surface area contributed by atoms with Gasteiger partial charge >= 0.3 is 0 Å². The molecule has 0 bridgehead atoms. The Kier molecular flexibility index (Phi) is 4.20. The van der Waals surface area contributed by atoms with Crippen molar-refractivity contribution in [3.05, 3.63) is 0 Å². The van der Waals surface area contributed by atoms with Gasteiger partial charge in [0, 0.05) is 0 Å². The van der Waals surface area contributed by atoms with Crippen LogP contribution in [0.1, 0.15) is 6.92 Å². The highest BCUT2D eigenvalue weighted by Gasteiger charge is 2.25. The molecule has 0 radical (unpaired) electrons. The van der Waals surface area contributed by atoms with Crippen LogP contribution in [0.4, 0.5) is 0 Å². The van der Waals surface area contributed by atoms with Gasteiger partial charge in [-0.15, -0.1) is 0 Å². The van der Waals surface area contributed by atoms with E-state index in [-0.39, 0.29) is 6.29 Å². The van der Waals surface area contributed by atoms with Crippen LogP contribution in [0.3, 0.4) is 0 Å². The Bertz CT molecular complexity index is 128. The van der Waals surface area contributed by atoms with Crippen LogP contribution < -0.4 is 5.73 Å². The average Bonchev–Trinajstić information content (AvgIpc) is 2.00. The smallest absolute Gasteiger partial charge is 0.150 e. The Morgan fingerprint density at radius 3 is 2.09 bits per heavy atom. The molecule has 5 heteroatoms. The second-order valence-electron chi connectivity index (χ2n) is 2.44. The summed E-state index contributed by atoms with van der Waals surface area (Å²) in [5, 5.41) is 26.6. The van der Waals surface area contributed by atoms with Gasteiger partial charge in [0.05, 0.1) is 18.2 Å². The molecule has 0 rings (SSSR count). The van der Waals surface area contributed by atoms with Crippen molar-refractivity contribution in [1.82, 2.24) is 0 Å². The van der Waals surface area contributed by atoms with E-state index < -0.39 is 24.4 Å². The quantitative estimate of drug-likeness (QED) is 0.346. The Hall–Kier alpha value is -0.490. The highest BCUT2D eigenvalue weighted by molar-refractivity contribution is 5.57. The van der Waals surface area contributed by atoms with Crippen LogP contribution in [0.5, 0.6) is 0 Å². The van der Waals surface area contributed by atoms with Gasteiger partial charge in [0.15, 0.2) is 0 Å². The van der Waals surface area contributed by atoms with Crippen LogP contribution in [0, 0.1) is 0 Å². The summed E-state index contributed by atoms with van der Waals surface area (Å²) in [4.78, 5) is 9.95. The second kappa shape index (κ2) is 4.40. The lowest BCUT2D eigenvalue weighted by atomic mass is 10.0. The van der Waals surface area contributed by atoms with Gasteiger partial charge in [0.1, 0.15) is 12.4 Å². The van der Waals surface area contributed by atoms with Crippen molar-refractivity contribution in [2.75, 3.05) is 0 Å². The summed E-state index contributed by atoms with van der Waals surface area (Å²) >= 11 is 0. The number of carbonyl (C=O) groups is 1. The van der Waals surface area contributed by atoms with Crippen molar-refractivity contribution >= 4 is 6.29 Å². The molecule has 0 aromatic carbocycles. The van der Waals surface area contributed by atoms with E-state index in [0.717, 1.165) is 0 Å². The number of rotatable bonds is 4. The normalized spacial score (nSPS) is 21.9. The van der Waals surface area contributed by atoms with Crippen LogP contribution in [0.2, 0.25) is 0 Å². The summed E-state index contributed by atoms with van der Waals surface area (Å²) < 4.78 is 0. The molecule has 0 aliphatic rings. The molecule has 0 aliphatic carbocycles. The van der Waals surface area contributed by atoms with E-state index in [1.54, 1.807) is 0 Å². The highest BCUT2D eigenvalue weighted by Crippen LogP contribution is 2.00. The van der Waals surface area contributed by atoms with E-state index in [9.17, 15) is 4.79 Å². The first-order chi connectivity index (χ1) is 5.00. The number of nitrogens with two attached hydrogens (primary N) is 1. The van der Waals surface area contributed by atoms with Crippen LogP contribution in [0.25, 0.3) is 0 Å². The fourth-order valence-corrected chi connectivity index (χ4v) is 0.614. The first kappa shape index (κ1) is 10.5. The molecule has 4 atom stereocenters. The molecule has 0 heterocycles. The SMILES string of the molecule is C[C@@H](O)[C@H](O)[C@H](N)[C@@H](O)C=O. The minimum Gasteiger partial charge on any atom is -0.391 e. The Morgan fingerprint density at radius 2 is 1.82 bits per heavy atom. The number of hydrogen-bond acceptors (Lipinski definition) is 5. The lowest BCUT2D eigenvalue weighted by molar-refractivity contribution is -0.118. The topological polar surface area (TPSA) is 104 Å². The second-order valence-corrected chi connectivity index (χ2v) is 2.44. The van der Waals surface area contributed by atoms with Crippen LogP contribution >= 0.6 is 0 Å². The third-order valence-electron chi connectivity index (χ3n) is 1.42. The van der Waals surface area contributed by atoms with Crippen molar-refractivity contribution in [1.29, 1.82) is 0 Å². The maximum absolute atomic E-state index is 9.95. The molecule has 0 fully saturated rings. The van der Waals surface area contributed by atoms with E-state index in [1.807, 2.05) is 0 Å². The van der Waals surface area contributed by atoms with Crippen LogP contribution in [0.15, 0.2) is 0 Å². The predicted molar refractivity (Wildman–Crippen MR) is 37.7 cm³/mol. The fraction of sp³-hybridized carbons (Fsp3) is 0.833. The van der Waals surface area contributed by atoms with Crippen molar-refractivity contribution in [3.8, 4) is 0 Å². The Labute approximate surface area is 64.4 Å². The summed E-state index contributed by atoms with van der Waals surface area (Å²) in [5.41, 5.74) is 5.18. The van der Waals surface area contributed by atoms with Gasteiger partial charge in [-0.1, -0.05) is 0 Å². The molecule has 0 spiro atoms. The molecule has 0 unspecified atom stereocenters. The van der Waals surface area contributed by atoms with Gasteiger partial charge < -0.3 is 25.8 Å². The van der Waals surface area contributed by atoms with Gasteiger partial charge in [-0.3, -0.25) is 0 Å². The summed E-state index contributed by atoms with van der Waals surface area (Å²) in [7, 11) is 0. The Balaban J connectivity index is 4.00. The van der Waals surface area contributed by atoms with Gasteiger partial charge in [0.2, 0.25) is 0 Å². The van der Waals surface area contributed by atoms with Crippen molar-refractivity contribution in [3.63, 3.8) is 0 Å². The van der Waals surface area contributed by atoms with E-state index in [2.05, 4.69) is 0 Å². The third-order valence-corrected chi connectivity index (χ3v) is 1.42. The first-order valence-corrected chi connectivity index (χ1v) is 3.25. The van der Waals surface area contributed by atoms with Gasteiger partial charge in [-0.25, -0.2) is 0 Å². The molecule has 5 nitrogen and oxygen atoms in total. The average molecular weight is 163 g/mol. The van der Waals surface area contributed by atoms with Crippen molar-refractivity contribution in [2.45, 2.75) is 31.3 Å². The Morgan fingerprint density at radius 1 is 1.36 bits per heavy atom. The number of hydrogen-bond donors (Lipinski definition) is 4. The highest BCUT2D eigenvalue weighted by atomic mass is 16.3. The zero-order valence-corrected chi connectivity index (χ0v) is 6.21. The van der Waals surface area contributed by atoms with Gasteiger partial charge in [-0.2, -0.15) is 0 Å². The maximum atomic E-state index is 9.95. The molecular weight excluding hydrogens is 150 g/mol. The molecule has 0 saturated carbocycles. The minimum absolute atomic E-state index is 0.219. The third kappa shape index (κ3) is 2.94. The van der Waals surface area contributed by atoms with Crippen LogP contribution in [-0.2, 0) is 4.79 Å². The lowest BCUT2D eigenvalue weighted by Crippen LogP contribution is -2.50. The number of aliphatic hydroxyl groups excluding tert-OH is 3. The summed E-state index contributed by atoms with van der Waals surface area (Å²) in [6.45, 7) is 1.32. The standard InChI is InChI=1S/C6H13NO4/c1-3(9)6(11)5(7)4(10)2-8/h2-6,9-11H,7H2,1H3/t3-,4+,5-,6+/m1/s1. The minimum atomic E-state index is -1.43. The van der Waals surface area contributed by atoms with E-state index in [0.29, 0.717) is 0 Å². The van der Waals surface area contributed by atoms with E-state index in [1.165, 1.54) is 6.92 Å². The van der Waals surface area contributed by atoms with E-state index >= 15 is 0 Å². The number of aldehydes is 1.